The monoisotopic (exact) mass is 259 g/mol. The molecule has 0 amide bonds. The fourth-order valence-electron chi connectivity index (χ4n) is 2.50. The highest BCUT2D eigenvalue weighted by atomic mass is 32.2. The molecule has 2 N–H and O–H groups in total. The quantitative estimate of drug-likeness (QED) is 0.796. The first-order valence-corrected chi connectivity index (χ1v) is 8.18. The van der Waals surface area contributed by atoms with Gasteiger partial charge in [0.2, 0.25) is 0 Å². The Labute approximate surface area is 111 Å². The molecular formula is C14H29NOS. The number of nitrogens with one attached hydrogen (secondary N) is 1. The van der Waals surface area contributed by atoms with Crippen LogP contribution >= 0.6 is 11.8 Å². The fraction of sp³-hybridized carbons (Fsp3) is 1.00. The van der Waals surface area contributed by atoms with E-state index in [1.54, 1.807) is 0 Å². The molecule has 3 heteroatoms. The molecule has 0 saturated heterocycles. The van der Waals surface area contributed by atoms with Crippen LogP contribution in [-0.4, -0.2) is 35.3 Å². The van der Waals surface area contributed by atoms with E-state index in [1.165, 1.54) is 25.0 Å². The molecule has 0 unspecified atom stereocenters. The lowest BCUT2D eigenvalue weighted by atomic mass is 9.71. The van der Waals surface area contributed by atoms with Gasteiger partial charge in [-0.3, -0.25) is 0 Å². The Bertz CT molecular complexity index is 211. The molecule has 1 aliphatic carbocycles. The van der Waals surface area contributed by atoms with Crippen LogP contribution in [0.5, 0.6) is 0 Å². The van der Waals surface area contributed by atoms with Gasteiger partial charge in [-0.25, -0.2) is 0 Å². The van der Waals surface area contributed by atoms with Gasteiger partial charge in [0.25, 0.3) is 0 Å². The lowest BCUT2D eigenvalue weighted by Gasteiger charge is -2.41. The Hall–Kier alpha value is 0.270. The van der Waals surface area contributed by atoms with Crippen LogP contribution in [-0.2, 0) is 0 Å². The van der Waals surface area contributed by atoms with Gasteiger partial charge in [0, 0.05) is 12.1 Å². The Morgan fingerprint density at radius 3 is 2.35 bits per heavy atom. The maximum atomic E-state index is 9.67. The molecule has 0 atom stereocenters. The molecule has 1 saturated carbocycles. The molecule has 0 aromatic rings. The number of hydrogen-bond donors (Lipinski definition) is 2. The number of hydrogen-bond acceptors (Lipinski definition) is 3. The third kappa shape index (κ3) is 5.62. The first-order valence-electron chi connectivity index (χ1n) is 6.79. The SMILES string of the molecule is CSCCC1(CNC(C)(C)C)CCC(O)CC1. The highest BCUT2D eigenvalue weighted by molar-refractivity contribution is 7.98. The molecular weight excluding hydrogens is 230 g/mol. The molecule has 1 rings (SSSR count). The van der Waals surface area contributed by atoms with E-state index < -0.39 is 0 Å². The van der Waals surface area contributed by atoms with Gasteiger partial charge in [0.1, 0.15) is 0 Å². The van der Waals surface area contributed by atoms with Crippen molar-refractivity contribution in [2.45, 2.75) is 64.5 Å². The molecule has 17 heavy (non-hydrogen) atoms. The van der Waals surface area contributed by atoms with Crippen molar-refractivity contribution >= 4 is 11.8 Å². The summed E-state index contributed by atoms with van der Waals surface area (Å²) in [6.45, 7) is 7.79. The van der Waals surface area contributed by atoms with E-state index in [4.69, 9.17) is 0 Å². The molecule has 0 aromatic carbocycles. The van der Waals surface area contributed by atoms with Crippen molar-refractivity contribution in [2.24, 2.45) is 5.41 Å². The van der Waals surface area contributed by atoms with E-state index in [-0.39, 0.29) is 11.6 Å². The van der Waals surface area contributed by atoms with Crippen LogP contribution in [0.15, 0.2) is 0 Å². The van der Waals surface area contributed by atoms with Gasteiger partial charge in [0.15, 0.2) is 0 Å². The summed E-state index contributed by atoms with van der Waals surface area (Å²) in [6, 6.07) is 0. The third-order valence-corrected chi connectivity index (χ3v) is 4.46. The van der Waals surface area contributed by atoms with Crippen molar-refractivity contribution in [2.75, 3.05) is 18.6 Å². The fourth-order valence-corrected chi connectivity index (χ4v) is 3.14. The predicted octanol–water partition coefficient (Wildman–Crippen LogP) is 3.05. The Morgan fingerprint density at radius 1 is 1.29 bits per heavy atom. The highest BCUT2D eigenvalue weighted by Crippen LogP contribution is 2.40. The maximum Gasteiger partial charge on any atom is 0.0540 e. The second-order valence-electron chi connectivity index (χ2n) is 6.58. The summed E-state index contributed by atoms with van der Waals surface area (Å²) < 4.78 is 0. The summed E-state index contributed by atoms with van der Waals surface area (Å²) in [4.78, 5) is 0. The van der Waals surface area contributed by atoms with E-state index in [1.807, 2.05) is 11.8 Å². The summed E-state index contributed by atoms with van der Waals surface area (Å²) >= 11 is 1.94. The third-order valence-electron chi connectivity index (χ3n) is 3.85. The van der Waals surface area contributed by atoms with Crippen molar-refractivity contribution in [3.05, 3.63) is 0 Å². The molecule has 2 nitrogen and oxygen atoms in total. The first kappa shape index (κ1) is 15.3. The summed E-state index contributed by atoms with van der Waals surface area (Å²) in [7, 11) is 0. The number of aliphatic hydroxyl groups is 1. The molecule has 0 heterocycles. The van der Waals surface area contributed by atoms with Crippen molar-refractivity contribution in [3.8, 4) is 0 Å². The normalized spacial score (nSPS) is 30.5. The van der Waals surface area contributed by atoms with Gasteiger partial charge in [-0.15, -0.1) is 0 Å². The van der Waals surface area contributed by atoms with Crippen molar-refractivity contribution < 1.29 is 5.11 Å². The zero-order chi connectivity index (χ0) is 12.9. The minimum atomic E-state index is -0.0490. The van der Waals surface area contributed by atoms with E-state index in [0.29, 0.717) is 5.41 Å². The lowest BCUT2D eigenvalue weighted by molar-refractivity contribution is 0.0568. The van der Waals surface area contributed by atoms with E-state index >= 15 is 0 Å². The largest absolute Gasteiger partial charge is 0.393 e. The van der Waals surface area contributed by atoms with Crippen LogP contribution < -0.4 is 5.32 Å². The minimum Gasteiger partial charge on any atom is -0.393 e. The van der Waals surface area contributed by atoms with Gasteiger partial charge in [-0.05, 0) is 70.3 Å². The summed E-state index contributed by atoms with van der Waals surface area (Å²) in [5.74, 6) is 1.24. The van der Waals surface area contributed by atoms with Crippen LogP contribution in [0.1, 0.15) is 52.9 Å². The van der Waals surface area contributed by atoms with Crippen LogP contribution in [0.2, 0.25) is 0 Å². The average Bonchev–Trinajstić information content (AvgIpc) is 2.26. The molecule has 0 spiro atoms. The van der Waals surface area contributed by atoms with E-state index in [2.05, 4.69) is 32.3 Å². The zero-order valence-corrected chi connectivity index (χ0v) is 12.7. The molecule has 102 valence electrons. The van der Waals surface area contributed by atoms with Gasteiger partial charge in [-0.2, -0.15) is 11.8 Å². The summed E-state index contributed by atoms with van der Waals surface area (Å²) in [5, 5.41) is 13.3. The van der Waals surface area contributed by atoms with Gasteiger partial charge < -0.3 is 10.4 Å². The number of aliphatic hydroxyl groups excluding tert-OH is 1. The van der Waals surface area contributed by atoms with Gasteiger partial charge >= 0.3 is 0 Å². The molecule has 0 aliphatic heterocycles. The molecule has 0 radical (unpaired) electrons. The smallest absolute Gasteiger partial charge is 0.0540 e. The standard InChI is InChI=1S/C14H29NOS/c1-13(2,3)15-11-14(9-10-17-4)7-5-12(16)6-8-14/h12,15-16H,5-11H2,1-4H3. The Kier molecular flexibility index (Phi) is 5.81. The Morgan fingerprint density at radius 2 is 1.88 bits per heavy atom. The van der Waals surface area contributed by atoms with Crippen molar-refractivity contribution in [1.29, 1.82) is 0 Å². The van der Waals surface area contributed by atoms with E-state index in [9.17, 15) is 5.11 Å². The first-order chi connectivity index (χ1) is 7.87. The Balaban J connectivity index is 2.53. The van der Waals surface area contributed by atoms with Gasteiger partial charge in [0.05, 0.1) is 6.10 Å². The van der Waals surface area contributed by atoms with Gasteiger partial charge in [-0.1, -0.05) is 0 Å². The number of thioether (sulfide) groups is 1. The second-order valence-corrected chi connectivity index (χ2v) is 7.56. The zero-order valence-electron chi connectivity index (χ0n) is 11.9. The highest BCUT2D eigenvalue weighted by Gasteiger charge is 2.34. The molecule has 0 aromatic heterocycles. The molecule has 1 aliphatic rings. The van der Waals surface area contributed by atoms with Crippen LogP contribution in [0.25, 0.3) is 0 Å². The lowest BCUT2D eigenvalue weighted by Crippen LogP contribution is -2.46. The van der Waals surface area contributed by atoms with Crippen LogP contribution in [0.3, 0.4) is 0 Å². The predicted molar refractivity (Wildman–Crippen MR) is 77.7 cm³/mol. The minimum absolute atomic E-state index is 0.0490. The van der Waals surface area contributed by atoms with E-state index in [0.717, 1.165) is 19.4 Å². The second kappa shape index (κ2) is 6.44. The average molecular weight is 259 g/mol. The van der Waals surface area contributed by atoms with Crippen molar-refractivity contribution in [1.82, 2.24) is 5.32 Å². The molecule has 1 fully saturated rings. The maximum absolute atomic E-state index is 9.67. The summed E-state index contributed by atoms with van der Waals surface area (Å²) in [6.07, 6.45) is 7.75. The topological polar surface area (TPSA) is 32.3 Å². The van der Waals surface area contributed by atoms with Crippen LogP contribution in [0.4, 0.5) is 0 Å². The molecule has 0 bridgehead atoms. The van der Waals surface area contributed by atoms with Crippen LogP contribution in [0, 0.1) is 5.41 Å². The summed E-state index contributed by atoms with van der Waals surface area (Å²) in [5.41, 5.74) is 0.623. The van der Waals surface area contributed by atoms with Crippen molar-refractivity contribution in [3.63, 3.8) is 0 Å². The number of rotatable bonds is 5.